The van der Waals surface area contributed by atoms with Crippen molar-refractivity contribution in [3.05, 3.63) is 29.8 Å². The van der Waals surface area contributed by atoms with Gasteiger partial charge in [-0.2, -0.15) is 8.42 Å². The van der Waals surface area contributed by atoms with Gasteiger partial charge in [-0.3, -0.25) is 0 Å². The van der Waals surface area contributed by atoms with Crippen LogP contribution in [0.2, 0.25) is 0 Å². The van der Waals surface area contributed by atoms with Crippen LogP contribution in [-0.4, -0.2) is 33.5 Å². The first kappa shape index (κ1) is 10.7. The maximum Gasteiger partial charge on any atom is 0.286 e. The fourth-order valence-corrected chi connectivity index (χ4v) is 3.19. The first-order chi connectivity index (χ1) is 8.17. The Morgan fingerprint density at radius 3 is 2.94 bits per heavy atom. The number of sulfonamides is 1. The Morgan fingerprint density at radius 2 is 2.18 bits per heavy atom. The Labute approximate surface area is 99.6 Å². The Bertz CT molecular complexity index is 574. The van der Waals surface area contributed by atoms with E-state index in [4.69, 9.17) is 4.74 Å². The van der Waals surface area contributed by atoms with Crippen molar-refractivity contribution in [3.8, 4) is 0 Å². The Hall–Kier alpha value is -1.40. The molecule has 6 heteroatoms. The molecule has 3 rings (SSSR count). The summed E-state index contributed by atoms with van der Waals surface area (Å²) in [6.07, 6.45) is 0.886. The van der Waals surface area contributed by atoms with Crippen LogP contribution in [0.4, 0.5) is 0 Å². The van der Waals surface area contributed by atoms with Crippen LogP contribution in [0.5, 0.6) is 0 Å². The second-order valence-electron chi connectivity index (χ2n) is 4.10. The molecule has 0 radical (unpaired) electrons. The Kier molecular flexibility index (Phi) is 2.41. The SMILES string of the molecule is O=S1(=O)N=C(O[C@H]2CCNC2)c2ccccc21. The van der Waals surface area contributed by atoms with Crippen molar-refractivity contribution in [2.24, 2.45) is 4.40 Å². The van der Waals surface area contributed by atoms with Crippen LogP contribution < -0.4 is 5.32 Å². The fraction of sp³-hybridized carbons (Fsp3) is 0.364. The van der Waals surface area contributed by atoms with Gasteiger partial charge in [0.2, 0.25) is 5.90 Å². The molecular weight excluding hydrogens is 240 g/mol. The average molecular weight is 252 g/mol. The molecule has 0 unspecified atom stereocenters. The summed E-state index contributed by atoms with van der Waals surface area (Å²) in [4.78, 5) is 0.237. The number of ether oxygens (including phenoxy) is 1. The summed E-state index contributed by atoms with van der Waals surface area (Å²) in [6.45, 7) is 1.63. The standard InChI is InChI=1S/C11H12N2O3S/c14-17(15)10-4-2-1-3-9(10)11(13-17)16-8-5-6-12-7-8/h1-4,8,12H,5-7H2/t8-/m0/s1. The van der Waals surface area contributed by atoms with Crippen molar-refractivity contribution in [1.29, 1.82) is 0 Å². The van der Waals surface area contributed by atoms with Crippen LogP contribution in [0.1, 0.15) is 12.0 Å². The smallest absolute Gasteiger partial charge is 0.286 e. The number of hydrogen-bond donors (Lipinski definition) is 1. The molecule has 17 heavy (non-hydrogen) atoms. The maximum atomic E-state index is 11.8. The molecule has 5 nitrogen and oxygen atoms in total. The fourth-order valence-electron chi connectivity index (χ4n) is 2.05. The first-order valence-corrected chi connectivity index (χ1v) is 6.92. The maximum absolute atomic E-state index is 11.8. The third-order valence-electron chi connectivity index (χ3n) is 2.89. The molecule has 1 aromatic carbocycles. The Balaban J connectivity index is 1.96. The van der Waals surface area contributed by atoms with E-state index in [-0.39, 0.29) is 16.9 Å². The molecule has 0 aliphatic carbocycles. The van der Waals surface area contributed by atoms with E-state index < -0.39 is 10.0 Å². The molecule has 2 aliphatic rings. The summed E-state index contributed by atoms with van der Waals surface area (Å²) in [5.41, 5.74) is 0.569. The molecule has 0 amide bonds. The molecule has 90 valence electrons. The summed E-state index contributed by atoms with van der Waals surface area (Å²) in [5, 5.41) is 3.16. The minimum absolute atomic E-state index is 0.00936. The van der Waals surface area contributed by atoms with E-state index in [1.54, 1.807) is 24.3 Å². The molecule has 1 atom stereocenters. The van der Waals surface area contributed by atoms with Gasteiger partial charge in [0.15, 0.2) is 0 Å². The summed E-state index contributed by atoms with van der Waals surface area (Å²) >= 11 is 0. The molecule has 1 fully saturated rings. The molecule has 2 aliphatic heterocycles. The summed E-state index contributed by atoms with van der Waals surface area (Å²) in [7, 11) is -3.55. The van der Waals surface area contributed by atoms with Gasteiger partial charge in [0.05, 0.1) is 5.56 Å². The molecule has 0 aromatic heterocycles. The van der Waals surface area contributed by atoms with Crippen molar-refractivity contribution in [3.63, 3.8) is 0 Å². The summed E-state index contributed by atoms with van der Waals surface area (Å²) < 4.78 is 32.8. The lowest BCUT2D eigenvalue weighted by Crippen LogP contribution is -2.20. The normalized spacial score (nSPS) is 25.4. The molecule has 1 saturated heterocycles. The van der Waals surface area contributed by atoms with Gasteiger partial charge in [0.25, 0.3) is 10.0 Å². The lowest BCUT2D eigenvalue weighted by Gasteiger charge is -2.11. The van der Waals surface area contributed by atoms with E-state index in [1.165, 1.54) is 0 Å². The summed E-state index contributed by atoms with van der Waals surface area (Å²) in [6, 6.07) is 6.75. The average Bonchev–Trinajstić information content (AvgIpc) is 2.88. The zero-order valence-corrected chi connectivity index (χ0v) is 9.90. The van der Waals surface area contributed by atoms with Crippen molar-refractivity contribution >= 4 is 15.9 Å². The minimum atomic E-state index is -3.55. The monoisotopic (exact) mass is 252 g/mol. The molecule has 0 spiro atoms. The highest BCUT2D eigenvalue weighted by molar-refractivity contribution is 7.90. The molecule has 0 saturated carbocycles. The highest BCUT2D eigenvalue weighted by atomic mass is 32.2. The minimum Gasteiger partial charge on any atom is -0.472 e. The van der Waals surface area contributed by atoms with Crippen LogP contribution in [-0.2, 0) is 14.8 Å². The lowest BCUT2D eigenvalue weighted by atomic mass is 10.2. The third kappa shape index (κ3) is 1.83. The number of nitrogens with one attached hydrogen (secondary N) is 1. The van der Waals surface area contributed by atoms with Gasteiger partial charge in [-0.05, 0) is 25.1 Å². The largest absolute Gasteiger partial charge is 0.472 e. The zero-order chi connectivity index (χ0) is 11.9. The van der Waals surface area contributed by atoms with E-state index in [1.807, 2.05) is 0 Å². The molecule has 1 aromatic rings. The van der Waals surface area contributed by atoms with Gasteiger partial charge in [0.1, 0.15) is 11.0 Å². The number of rotatable bonds is 1. The number of benzene rings is 1. The van der Waals surface area contributed by atoms with E-state index in [2.05, 4.69) is 9.71 Å². The molecule has 0 bridgehead atoms. The first-order valence-electron chi connectivity index (χ1n) is 5.48. The van der Waals surface area contributed by atoms with Crippen molar-refractivity contribution in [1.82, 2.24) is 5.32 Å². The van der Waals surface area contributed by atoms with Crippen molar-refractivity contribution in [2.75, 3.05) is 13.1 Å². The van der Waals surface area contributed by atoms with Crippen LogP contribution >= 0.6 is 0 Å². The van der Waals surface area contributed by atoms with E-state index >= 15 is 0 Å². The quantitative estimate of drug-likeness (QED) is 0.791. The van der Waals surface area contributed by atoms with Gasteiger partial charge >= 0.3 is 0 Å². The number of hydrogen-bond acceptors (Lipinski definition) is 4. The molecule has 1 N–H and O–H groups in total. The topological polar surface area (TPSA) is 67.8 Å². The van der Waals surface area contributed by atoms with Crippen molar-refractivity contribution < 1.29 is 13.2 Å². The van der Waals surface area contributed by atoms with Crippen molar-refractivity contribution in [2.45, 2.75) is 17.4 Å². The third-order valence-corrected chi connectivity index (χ3v) is 4.21. The van der Waals surface area contributed by atoms with Gasteiger partial charge in [-0.25, -0.2) is 0 Å². The predicted octanol–water partition coefficient (Wildman–Crippen LogP) is 0.514. The van der Waals surface area contributed by atoms with Gasteiger partial charge in [-0.15, -0.1) is 4.40 Å². The van der Waals surface area contributed by atoms with E-state index in [0.29, 0.717) is 5.56 Å². The second-order valence-corrected chi connectivity index (χ2v) is 5.67. The number of fused-ring (bicyclic) bond motifs is 1. The summed E-state index contributed by atoms with van der Waals surface area (Å²) in [5.74, 6) is 0.231. The van der Waals surface area contributed by atoms with Gasteiger partial charge < -0.3 is 10.1 Å². The van der Waals surface area contributed by atoms with Gasteiger partial charge in [-0.1, -0.05) is 12.1 Å². The highest BCUT2D eigenvalue weighted by Crippen LogP contribution is 2.27. The van der Waals surface area contributed by atoms with E-state index in [9.17, 15) is 8.42 Å². The second kappa shape index (κ2) is 3.82. The van der Waals surface area contributed by atoms with E-state index in [0.717, 1.165) is 19.5 Å². The number of nitrogens with zero attached hydrogens (tertiary/aromatic N) is 1. The zero-order valence-electron chi connectivity index (χ0n) is 9.09. The van der Waals surface area contributed by atoms with Crippen LogP contribution in [0.25, 0.3) is 0 Å². The van der Waals surface area contributed by atoms with Crippen LogP contribution in [0, 0.1) is 0 Å². The van der Waals surface area contributed by atoms with Crippen LogP contribution in [0.15, 0.2) is 33.6 Å². The van der Waals surface area contributed by atoms with Crippen LogP contribution in [0.3, 0.4) is 0 Å². The molecule has 2 heterocycles. The van der Waals surface area contributed by atoms with Gasteiger partial charge in [0, 0.05) is 6.54 Å². The molecular formula is C11H12N2O3S. The predicted molar refractivity (Wildman–Crippen MR) is 62.5 cm³/mol. The Morgan fingerprint density at radius 1 is 1.35 bits per heavy atom. The highest BCUT2D eigenvalue weighted by Gasteiger charge is 2.31. The lowest BCUT2D eigenvalue weighted by molar-refractivity contribution is 0.211.